The monoisotopic (exact) mass is 327 g/mol. The van der Waals surface area contributed by atoms with Gasteiger partial charge in [-0.1, -0.05) is 30.3 Å². The molecule has 0 radical (unpaired) electrons. The minimum Gasteiger partial charge on any atom is -0.348 e. The van der Waals surface area contributed by atoms with Crippen LogP contribution in [0.15, 0.2) is 61.2 Å². The number of hydrogen-bond acceptors (Lipinski definition) is 2. The van der Waals surface area contributed by atoms with Crippen molar-refractivity contribution in [1.82, 2.24) is 14.9 Å². The van der Waals surface area contributed by atoms with Gasteiger partial charge in [0.05, 0.1) is 11.9 Å². The van der Waals surface area contributed by atoms with Gasteiger partial charge < -0.3 is 9.88 Å². The number of imidazole rings is 1. The molecular formula is C18H15F2N3O. The Balaban J connectivity index is 1.60. The van der Waals surface area contributed by atoms with Crippen LogP contribution in [0.1, 0.15) is 21.5 Å². The molecule has 4 nitrogen and oxygen atoms in total. The topological polar surface area (TPSA) is 46.9 Å². The molecule has 1 N–H and O–H groups in total. The summed E-state index contributed by atoms with van der Waals surface area (Å²) in [6, 6.07) is 11.2. The van der Waals surface area contributed by atoms with E-state index >= 15 is 0 Å². The molecule has 2 aromatic carbocycles. The van der Waals surface area contributed by atoms with E-state index in [9.17, 15) is 13.6 Å². The fourth-order valence-electron chi connectivity index (χ4n) is 2.31. The van der Waals surface area contributed by atoms with Crippen molar-refractivity contribution < 1.29 is 13.6 Å². The van der Waals surface area contributed by atoms with Crippen LogP contribution < -0.4 is 5.32 Å². The fraction of sp³-hybridized carbons (Fsp3) is 0.111. The van der Waals surface area contributed by atoms with Crippen molar-refractivity contribution in [2.45, 2.75) is 13.1 Å². The maximum atomic E-state index is 13.6. The quantitative estimate of drug-likeness (QED) is 0.782. The summed E-state index contributed by atoms with van der Waals surface area (Å²) >= 11 is 0. The van der Waals surface area contributed by atoms with Crippen molar-refractivity contribution in [2.75, 3.05) is 0 Å². The molecule has 1 aromatic heterocycles. The van der Waals surface area contributed by atoms with Gasteiger partial charge in [0.25, 0.3) is 5.91 Å². The van der Waals surface area contributed by atoms with Crippen molar-refractivity contribution in [2.24, 2.45) is 0 Å². The van der Waals surface area contributed by atoms with E-state index in [4.69, 9.17) is 0 Å². The predicted molar refractivity (Wildman–Crippen MR) is 85.3 cm³/mol. The maximum absolute atomic E-state index is 13.6. The number of hydrogen-bond donors (Lipinski definition) is 1. The van der Waals surface area contributed by atoms with Crippen molar-refractivity contribution in [3.63, 3.8) is 0 Å². The Hall–Kier alpha value is -3.02. The third-order valence-corrected chi connectivity index (χ3v) is 3.60. The van der Waals surface area contributed by atoms with E-state index in [1.165, 1.54) is 12.1 Å². The van der Waals surface area contributed by atoms with Crippen molar-refractivity contribution >= 4 is 5.91 Å². The van der Waals surface area contributed by atoms with Crippen LogP contribution in [0.5, 0.6) is 0 Å². The fourth-order valence-corrected chi connectivity index (χ4v) is 2.31. The van der Waals surface area contributed by atoms with E-state index < -0.39 is 17.5 Å². The van der Waals surface area contributed by atoms with Gasteiger partial charge in [-0.25, -0.2) is 13.8 Å². The van der Waals surface area contributed by atoms with Crippen LogP contribution in [0.2, 0.25) is 0 Å². The number of nitrogens with zero attached hydrogens (tertiary/aromatic N) is 2. The second-order valence-corrected chi connectivity index (χ2v) is 5.34. The third kappa shape index (κ3) is 3.65. The Morgan fingerprint density at radius 1 is 1.08 bits per heavy atom. The summed E-state index contributed by atoms with van der Waals surface area (Å²) in [4.78, 5) is 15.9. The van der Waals surface area contributed by atoms with E-state index in [-0.39, 0.29) is 12.1 Å². The smallest absolute Gasteiger partial charge is 0.254 e. The largest absolute Gasteiger partial charge is 0.348 e. The third-order valence-electron chi connectivity index (χ3n) is 3.60. The second kappa shape index (κ2) is 7.04. The van der Waals surface area contributed by atoms with Crippen molar-refractivity contribution in [1.29, 1.82) is 0 Å². The molecule has 0 unspecified atom stereocenters. The normalized spacial score (nSPS) is 10.6. The average Bonchev–Trinajstić information content (AvgIpc) is 3.09. The van der Waals surface area contributed by atoms with Crippen LogP contribution in [0, 0.1) is 11.6 Å². The van der Waals surface area contributed by atoms with Crippen LogP contribution in [0.25, 0.3) is 0 Å². The summed E-state index contributed by atoms with van der Waals surface area (Å²) in [5, 5.41) is 2.59. The van der Waals surface area contributed by atoms with Crippen molar-refractivity contribution in [3.8, 4) is 0 Å². The van der Waals surface area contributed by atoms with Gasteiger partial charge in [-0.2, -0.15) is 0 Å². The molecule has 3 aromatic rings. The first-order valence-corrected chi connectivity index (χ1v) is 7.39. The molecule has 3 rings (SSSR count). The standard InChI is InChI=1S/C18H15F2N3O/c19-16-3-1-2-15(17(16)20)18(24)22-10-13-4-6-14(7-5-13)11-23-9-8-21-12-23/h1-9,12H,10-11H2,(H,22,24). The van der Waals surface area contributed by atoms with E-state index in [0.717, 1.165) is 17.2 Å². The number of carbonyl (C=O) groups is 1. The van der Waals surface area contributed by atoms with Crippen molar-refractivity contribution in [3.05, 3.63) is 89.5 Å². The van der Waals surface area contributed by atoms with E-state index in [0.29, 0.717) is 6.54 Å². The zero-order chi connectivity index (χ0) is 16.9. The van der Waals surface area contributed by atoms with Gasteiger partial charge in [0.2, 0.25) is 0 Å². The summed E-state index contributed by atoms with van der Waals surface area (Å²) in [6.07, 6.45) is 5.33. The van der Waals surface area contributed by atoms with Gasteiger partial charge in [-0.15, -0.1) is 0 Å². The molecule has 0 saturated heterocycles. The molecule has 1 amide bonds. The lowest BCUT2D eigenvalue weighted by atomic mass is 10.1. The number of benzene rings is 2. The van der Waals surface area contributed by atoms with Crippen LogP contribution in [-0.4, -0.2) is 15.5 Å². The molecule has 1 heterocycles. The number of carbonyl (C=O) groups excluding carboxylic acids is 1. The molecule has 0 saturated carbocycles. The molecule has 0 atom stereocenters. The number of nitrogens with one attached hydrogen (secondary N) is 1. The Morgan fingerprint density at radius 2 is 1.83 bits per heavy atom. The first-order valence-electron chi connectivity index (χ1n) is 7.39. The van der Waals surface area contributed by atoms with Crippen LogP contribution in [0.3, 0.4) is 0 Å². The summed E-state index contributed by atoms with van der Waals surface area (Å²) in [6.45, 7) is 0.946. The van der Waals surface area contributed by atoms with Gasteiger partial charge in [0.15, 0.2) is 11.6 Å². The van der Waals surface area contributed by atoms with Gasteiger partial charge in [-0.3, -0.25) is 4.79 Å². The van der Waals surface area contributed by atoms with Crippen LogP contribution in [-0.2, 0) is 13.1 Å². The SMILES string of the molecule is O=C(NCc1ccc(Cn2ccnc2)cc1)c1cccc(F)c1F. The molecule has 6 heteroatoms. The lowest BCUT2D eigenvalue weighted by molar-refractivity contribution is 0.0946. The zero-order valence-electron chi connectivity index (χ0n) is 12.7. The minimum absolute atomic E-state index is 0.236. The Kier molecular flexibility index (Phi) is 4.65. The van der Waals surface area contributed by atoms with E-state index in [1.807, 2.05) is 35.0 Å². The highest BCUT2D eigenvalue weighted by atomic mass is 19.2. The number of halogens is 2. The summed E-state index contributed by atoms with van der Waals surface area (Å²) in [7, 11) is 0. The molecule has 0 spiro atoms. The van der Waals surface area contributed by atoms with Gasteiger partial charge in [0.1, 0.15) is 0 Å². The van der Waals surface area contributed by atoms with E-state index in [1.54, 1.807) is 12.5 Å². The number of amides is 1. The van der Waals surface area contributed by atoms with Crippen LogP contribution in [0.4, 0.5) is 8.78 Å². The Bertz CT molecular complexity index is 830. The van der Waals surface area contributed by atoms with Gasteiger partial charge in [-0.05, 0) is 23.3 Å². The maximum Gasteiger partial charge on any atom is 0.254 e. The molecule has 0 aliphatic rings. The molecule has 24 heavy (non-hydrogen) atoms. The molecule has 122 valence electrons. The molecular weight excluding hydrogens is 312 g/mol. The lowest BCUT2D eigenvalue weighted by Gasteiger charge is -2.08. The molecule has 0 aliphatic carbocycles. The first kappa shape index (κ1) is 15.9. The molecule has 0 aliphatic heterocycles. The average molecular weight is 327 g/mol. The van der Waals surface area contributed by atoms with Gasteiger partial charge >= 0.3 is 0 Å². The molecule has 0 bridgehead atoms. The highest BCUT2D eigenvalue weighted by molar-refractivity contribution is 5.94. The van der Waals surface area contributed by atoms with E-state index in [2.05, 4.69) is 10.3 Å². The minimum atomic E-state index is -1.13. The Labute approximate surface area is 137 Å². The highest BCUT2D eigenvalue weighted by Gasteiger charge is 2.14. The zero-order valence-corrected chi connectivity index (χ0v) is 12.7. The summed E-state index contributed by atoms with van der Waals surface area (Å²) < 4.78 is 28.7. The summed E-state index contributed by atoms with van der Waals surface area (Å²) in [5.41, 5.74) is 1.67. The highest BCUT2D eigenvalue weighted by Crippen LogP contribution is 2.12. The second-order valence-electron chi connectivity index (χ2n) is 5.34. The number of rotatable bonds is 5. The predicted octanol–water partition coefficient (Wildman–Crippen LogP) is 3.14. The van der Waals surface area contributed by atoms with Gasteiger partial charge in [0, 0.05) is 25.5 Å². The summed E-state index contributed by atoms with van der Waals surface area (Å²) in [5.74, 6) is -2.81. The lowest BCUT2D eigenvalue weighted by Crippen LogP contribution is -2.24. The number of aromatic nitrogens is 2. The first-order chi connectivity index (χ1) is 11.6. The molecule has 0 fully saturated rings. The Morgan fingerprint density at radius 3 is 2.54 bits per heavy atom. The van der Waals surface area contributed by atoms with Crippen LogP contribution >= 0.6 is 0 Å².